The second-order valence-electron chi connectivity index (χ2n) is 6.57. The van der Waals surface area contributed by atoms with E-state index in [-0.39, 0.29) is 25.5 Å². The molecule has 0 bridgehead atoms. The van der Waals surface area contributed by atoms with Gasteiger partial charge in [0, 0.05) is 11.9 Å². The Balaban J connectivity index is 1.51. The molecule has 6 heteroatoms. The zero-order chi connectivity index (χ0) is 21.3. The second-order valence-corrected chi connectivity index (χ2v) is 6.57. The molecule has 3 rings (SSSR count). The fraction of sp³-hybridized carbons (Fsp3) is 0.250. The largest absolute Gasteiger partial charge is 0.497 e. The van der Waals surface area contributed by atoms with Gasteiger partial charge in [-0.15, -0.1) is 0 Å². The zero-order valence-electron chi connectivity index (χ0n) is 17.2. The highest BCUT2D eigenvalue weighted by atomic mass is 16.5. The van der Waals surface area contributed by atoms with E-state index in [2.05, 4.69) is 0 Å². The number of likely N-dealkylation sites (N-methyl/N-ethyl adjacent to an activating group) is 1. The number of hydrogen-bond acceptors (Lipinski definition) is 5. The van der Waals surface area contributed by atoms with Crippen LogP contribution in [0.5, 0.6) is 11.5 Å². The van der Waals surface area contributed by atoms with E-state index >= 15 is 0 Å². The van der Waals surface area contributed by atoms with E-state index in [9.17, 15) is 9.59 Å². The number of benzene rings is 3. The van der Waals surface area contributed by atoms with Gasteiger partial charge in [0.1, 0.15) is 11.5 Å². The number of methoxy groups -OCH3 is 1. The Morgan fingerprint density at radius 1 is 0.900 bits per heavy atom. The number of nitrogens with zero attached hydrogens (tertiary/aromatic N) is 1. The van der Waals surface area contributed by atoms with Crippen molar-refractivity contribution in [3.8, 4) is 11.5 Å². The third kappa shape index (κ3) is 5.29. The van der Waals surface area contributed by atoms with Crippen molar-refractivity contribution in [2.75, 3.05) is 31.8 Å². The van der Waals surface area contributed by atoms with Crippen LogP contribution in [0.4, 0.5) is 5.69 Å². The number of amides is 1. The maximum atomic E-state index is 12.7. The van der Waals surface area contributed by atoms with Crippen LogP contribution in [0.15, 0.2) is 66.7 Å². The molecule has 3 aromatic rings. The van der Waals surface area contributed by atoms with Crippen LogP contribution in [0.2, 0.25) is 0 Å². The van der Waals surface area contributed by atoms with Gasteiger partial charge in [0.2, 0.25) is 0 Å². The lowest BCUT2D eigenvalue weighted by atomic mass is 10.1. The maximum Gasteiger partial charge on any atom is 0.309 e. The van der Waals surface area contributed by atoms with Gasteiger partial charge < -0.3 is 19.1 Å². The molecule has 1 amide bonds. The van der Waals surface area contributed by atoms with Gasteiger partial charge in [0.15, 0.2) is 6.61 Å². The van der Waals surface area contributed by atoms with Gasteiger partial charge in [0.05, 0.1) is 25.8 Å². The first kappa shape index (κ1) is 21.2. The Bertz CT molecular complexity index is 995. The molecule has 0 fully saturated rings. The van der Waals surface area contributed by atoms with E-state index in [0.29, 0.717) is 12.3 Å². The summed E-state index contributed by atoms with van der Waals surface area (Å²) in [4.78, 5) is 26.3. The smallest absolute Gasteiger partial charge is 0.309 e. The highest BCUT2D eigenvalue weighted by molar-refractivity contribution is 6.04. The normalized spacial score (nSPS) is 10.5. The van der Waals surface area contributed by atoms with Crippen molar-refractivity contribution in [1.82, 2.24) is 0 Å². The van der Waals surface area contributed by atoms with E-state index in [0.717, 1.165) is 22.2 Å². The van der Waals surface area contributed by atoms with Crippen molar-refractivity contribution in [1.29, 1.82) is 0 Å². The van der Waals surface area contributed by atoms with Crippen molar-refractivity contribution >= 4 is 28.3 Å². The Kier molecular flexibility index (Phi) is 7.27. The van der Waals surface area contributed by atoms with Gasteiger partial charge in [0.25, 0.3) is 5.91 Å². The molecule has 156 valence electrons. The zero-order valence-corrected chi connectivity index (χ0v) is 17.2. The standard InChI is InChI=1S/C24H25NO5/c1-3-25(22-10-6-8-18-7-4-5-9-21(18)22)23(26)17-30-24(27)15-16-29-20-13-11-19(28-2)12-14-20/h4-14H,3,15-17H2,1-2H3. The molecule has 0 atom stereocenters. The number of esters is 1. The quantitative estimate of drug-likeness (QED) is 0.497. The highest BCUT2D eigenvalue weighted by Crippen LogP contribution is 2.26. The minimum atomic E-state index is -0.481. The summed E-state index contributed by atoms with van der Waals surface area (Å²) >= 11 is 0. The molecule has 3 aromatic carbocycles. The van der Waals surface area contributed by atoms with Gasteiger partial charge >= 0.3 is 5.97 Å². The number of carbonyl (C=O) groups is 2. The van der Waals surface area contributed by atoms with Crippen LogP contribution < -0.4 is 14.4 Å². The molecule has 6 nitrogen and oxygen atoms in total. The molecular weight excluding hydrogens is 382 g/mol. The lowest BCUT2D eigenvalue weighted by Gasteiger charge is -2.22. The van der Waals surface area contributed by atoms with Crippen LogP contribution in [0.1, 0.15) is 13.3 Å². The SMILES string of the molecule is CCN(C(=O)COC(=O)CCOc1ccc(OC)cc1)c1cccc2ccccc12. The highest BCUT2D eigenvalue weighted by Gasteiger charge is 2.18. The van der Waals surface area contributed by atoms with Crippen LogP contribution in [0.25, 0.3) is 10.8 Å². The number of anilines is 1. The molecule has 0 spiro atoms. The van der Waals surface area contributed by atoms with Crippen molar-refractivity contribution in [2.45, 2.75) is 13.3 Å². The summed E-state index contributed by atoms with van der Waals surface area (Å²) in [5.41, 5.74) is 0.805. The van der Waals surface area contributed by atoms with Gasteiger partial charge in [-0.3, -0.25) is 9.59 Å². The van der Waals surface area contributed by atoms with Crippen LogP contribution in [0.3, 0.4) is 0 Å². The summed E-state index contributed by atoms with van der Waals surface area (Å²) in [6, 6.07) is 20.8. The molecule has 0 radical (unpaired) electrons. The van der Waals surface area contributed by atoms with Gasteiger partial charge in [-0.2, -0.15) is 0 Å². The molecule has 0 aliphatic rings. The van der Waals surface area contributed by atoms with Crippen molar-refractivity contribution in [3.05, 3.63) is 66.7 Å². The summed E-state index contributed by atoms with van der Waals surface area (Å²) in [6.45, 7) is 2.23. The van der Waals surface area contributed by atoms with E-state index < -0.39 is 5.97 Å². The summed E-state index contributed by atoms with van der Waals surface area (Å²) < 4.78 is 15.8. The third-order valence-electron chi connectivity index (χ3n) is 4.67. The van der Waals surface area contributed by atoms with Crippen molar-refractivity contribution in [3.63, 3.8) is 0 Å². The number of carbonyl (C=O) groups excluding carboxylic acids is 2. The van der Waals surface area contributed by atoms with Crippen LogP contribution in [0, 0.1) is 0 Å². The van der Waals surface area contributed by atoms with E-state index in [4.69, 9.17) is 14.2 Å². The Labute approximate surface area is 176 Å². The minimum Gasteiger partial charge on any atom is -0.497 e. The topological polar surface area (TPSA) is 65.1 Å². The number of rotatable bonds is 9. The Morgan fingerprint density at radius 3 is 2.33 bits per heavy atom. The predicted molar refractivity (Wildman–Crippen MR) is 116 cm³/mol. The average molecular weight is 407 g/mol. The number of fused-ring (bicyclic) bond motifs is 1. The average Bonchev–Trinajstić information content (AvgIpc) is 2.79. The van der Waals surface area contributed by atoms with Gasteiger partial charge in [-0.05, 0) is 42.6 Å². The monoisotopic (exact) mass is 407 g/mol. The molecule has 0 aliphatic heterocycles. The van der Waals surface area contributed by atoms with Crippen LogP contribution in [-0.2, 0) is 14.3 Å². The van der Waals surface area contributed by atoms with Crippen molar-refractivity contribution in [2.24, 2.45) is 0 Å². The first-order chi connectivity index (χ1) is 14.6. The molecule has 0 saturated heterocycles. The maximum absolute atomic E-state index is 12.7. The molecule has 0 saturated carbocycles. The van der Waals surface area contributed by atoms with E-state index in [1.165, 1.54) is 0 Å². The number of ether oxygens (including phenoxy) is 3. The van der Waals surface area contributed by atoms with Crippen LogP contribution >= 0.6 is 0 Å². The molecule has 0 heterocycles. The molecular formula is C24H25NO5. The summed E-state index contributed by atoms with van der Waals surface area (Å²) in [5.74, 6) is 0.615. The van der Waals surface area contributed by atoms with E-state index in [1.807, 2.05) is 49.4 Å². The second kappa shape index (κ2) is 10.3. The molecule has 0 aliphatic carbocycles. The molecule has 0 aromatic heterocycles. The molecule has 30 heavy (non-hydrogen) atoms. The lowest BCUT2D eigenvalue weighted by Crippen LogP contribution is -2.34. The van der Waals surface area contributed by atoms with Gasteiger partial charge in [-0.1, -0.05) is 36.4 Å². The first-order valence-electron chi connectivity index (χ1n) is 9.83. The van der Waals surface area contributed by atoms with Gasteiger partial charge in [-0.25, -0.2) is 0 Å². The Morgan fingerprint density at radius 2 is 1.60 bits per heavy atom. The molecule has 0 unspecified atom stereocenters. The minimum absolute atomic E-state index is 0.0553. The third-order valence-corrected chi connectivity index (χ3v) is 4.67. The summed E-state index contributed by atoms with van der Waals surface area (Å²) in [7, 11) is 1.59. The predicted octanol–water partition coefficient (Wildman–Crippen LogP) is 4.21. The fourth-order valence-corrected chi connectivity index (χ4v) is 3.14. The van der Waals surface area contributed by atoms with Crippen molar-refractivity contribution < 1.29 is 23.8 Å². The number of hydrogen-bond donors (Lipinski definition) is 0. The van der Waals surface area contributed by atoms with E-state index in [1.54, 1.807) is 36.3 Å². The first-order valence-corrected chi connectivity index (χ1v) is 9.83. The van der Waals surface area contributed by atoms with Crippen LogP contribution in [-0.4, -0.2) is 38.7 Å². The molecule has 0 N–H and O–H groups in total. The Hall–Kier alpha value is -3.54. The fourth-order valence-electron chi connectivity index (χ4n) is 3.14. The summed E-state index contributed by atoms with van der Waals surface area (Å²) in [6.07, 6.45) is 0.0553. The lowest BCUT2D eigenvalue weighted by molar-refractivity contribution is -0.148. The summed E-state index contributed by atoms with van der Waals surface area (Å²) in [5, 5.41) is 2.03.